The molecule has 1 unspecified atom stereocenters. The van der Waals surface area contributed by atoms with Gasteiger partial charge in [0.15, 0.2) is 6.61 Å². The van der Waals surface area contributed by atoms with E-state index in [1.807, 2.05) is 13.1 Å². The quantitative estimate of drug-likeness (QED) is 0.812. The molecule has 1 atom stereocenters. The van der Waals surface area contributed by atoms with Crippen LogP contribution in [0.2, 0.25) is 0 Å². The van der Waals surface area contributed by atoms with E-state index < -0.39 is 5.97 Å². The molecule has 0 radical (unpaired) electrons. The molecule has 0 spiro atoms. The zero-order valence-electron chi connectivity index (χ0n) is 16.0. The standard InChI is InChI=1S/C22H21FN2O4/c1-14-2-7-19(22(27)28)20(8-14)29-13-21(26)25-12-17-9-18(25)11-24(17)10-15-3-5-16(23)6-4-15/h2-8,12,18H,9-11,13H2,1H3,(H,27,28). The molecule has 0 saturated carbocycles. The van der Waals surface area contributed by atoms with E-state index in [4.69, 9.17) is 4.74 Å². The maximum absolute atomic E-state index is 13.1. The average Bonchev–Trinajstić information content (AvgIpc) is 3.28. The van der Waals surface area contributed by atoms with Gasteiger partial charge in [0.25, 0.3) is 5.91 Å². The zero-order valence-corrected chi connectivity index (χ0v) is 16.0. The van der Waals surface area contributed by atoms with E-state index in [0.29, 0.717) is 13.1 Å². The van der Waals surface area contributed by atoms with Gasteiger partial charge in [-0.25, -0.2) is 9.18 Å². The van der Waals surface area contributed by atoms with Crippen molar-refractivity contribution in [1.82, 2.24) is 9.80 Å². The van der Waals surface area contributed by atoms with Crippen molar-refractivity contribution in [3.8, 4) is 5.75 Å². The Hall–Kier alpha value is -3.35. The molecule has 0 aliphatic carbocycles. The van der Waals surface area contributed by atoms with Gasteiger partial charge < -0.3 is 19.6 Å². The Morgan fingerprint density at radius 2 is 1.97 bits per heavy atom. The van der Waals surface area contributed by atoms with Crippen LogP contribution >= 0.6 is 0 Å². The Bertz CT molecular complexity index is 987. The van der Waals surface area contributed by atoms with Crippen molar-refractivity contribution in [2.24, 2.45) is 0 Å². The molecule has 4 rings (SSSR count). The highest BCUT2D eigenvalue weighted by molar-refractivity contribution is 5.91. The molecule has 2 aromatic rings. The molecular weight excluding hydrogens is 375 g/mol. The number of amides is 1. The Morgan fingerprint density at radius 3 is 2.62 bits per heavy atom. The summed E-state index contributed by atoms with van der Waals surface area (Å²) in [6, 6.07) is 11.3. The minimum absolute atomic E-state index is 0.0372. The Morgan fingerprint density at radius 1 is 1.21 bits per heavy atom. The van der Waals surface area contributed by atoms with Gasteiger partial charge in [-0.1, -0.05) is 18.2 Å². The summed E-state index contributed by atoms with van der Waals surface area (Å²) in [6.07, 6.45) is 2.61. The van der Waals surface area contributed by atoms with E-state index in [0.717, 1.165) is 23.2 Å². The normalized spacial score (nSPS) is 17.4. The van der Waals surface area contributed by atoms with Gasteiger partial charge in [0.2, 0.25) is 0 Å². The first-order valence-corrected chi connectivity index (χ1v) is 9.38. The fourth-order valence-corrected chi connectivity index (χ4v) is 3.78. The molecule has 2 heterocycles. The summed E-state index contributed by atoms with van der Waals surface area (Å²) in [5, 5.41) is 9.27. The second kappa shape index (κ2) is 7.58. The van der Waals surface area contributed by atoms with Gasteiger partial charge in [-0.2, -0.15) is 0 Å². The summed E-state index contributed by atoms with van der Waals surface area (Å²) >= 11 is 0. The number of rotatable bonds is 6. The largest absolute Gasteiger partial charge is 0.483 e. The van der Waals surface area contributed by atoms with Gasteiger partial charge in [-0.3, -0.25) is 4.79 Å². The number of nitrogens with zero attached hydrogens (tertiary/aromatic N) is 2. The maximum atomic E-state index is 13.1. The fourth-order valence-electron chi connectivity index (χ4n) is 3.78. The number of aryl methyl sites for hydroxylation is 1. The second-order valence-electron chi connectivity index (χ2n) is 7.38. The highest BCUT2D eigenvalue weighted by Gasteiger charge is 2.38. The molecule has 1 N–H and O–H groups in total. The number of carbonyl (C=O) groups excluding carboxylic acids is 1. The number of hydrogen-bond acceptors (Lipinski definition) is 4. The summed E-state index contributed by atoms with van der Waals surface area (Å²) in [5.41, 5.74) is 2.97. The number of ether oxygens (including phenoxy) is 1. The molecule has 29 heavy (non-hydrogen) atoms. The van der Waals surface area contributed by atoms with E-state index >= 15 is 0 Å². The summed E-state index contributed by atoms with van der Waals surface area (Å²) in [5.74, 6) is -1.36. The van der Waals surface area contributed by atoms with Crippen LogP contribution in [0.5, 0.6) is 5.75 Å². The molecule has 6 nitrogen and oxygen atoms in total. The number of carboxylic acid groups (broad SMARTS) is 1. The van der Waals surface area contributed by atoms with Crippen molar-refractivity contribution < 1.29 is 23.8 Å². The van der Waals surface area contributed by atoms with E-state index in [9.17, 15) is 19.1 Å². The van der Waals surface area contributed by atoms with E-state index in [-0.39, 0.29) is 35.7 Å². The van der Waals surface area contributed by atoms with Crippen molar-refractivity contribution in [3.63, 3.8) is 0 Å². The zero-order chi connectivity index (χ0) is 20.5. The van der Waals surface area contributed by atoms with Gasteiger partial charge >= 0.3 is 5.97 Å². The first-order chi connectivity index (χ1) is 13.9. The molecule has 1 fully saturated rings. The number of halogens is 1. The third-order valence-electron chi connectivity index (χ3n) is 5.26. The Balaban J connectivity index is 1.39. The summed E-state index contributed by atoms with van der Waals surface area (Å²) in [4.78, 5) is 27.8. The van der Waals surface area contributed by atoms with Crippen molar-refractivity contribution in [2.45, 2.75) is 25.9 Å². The number of fused-ring (bicyclic) bond motifs is 2. The molecule has 7 heteroatoms. The van der Waals surface area contributed by atoms with E-state index in [1.165, 1.54) is 18.2 Å². The predicted octanol–water partition coefficient (Wildman–Crippen LogP) is 3.17. The second-order valence-corrected chi connectivity index (χ2v) is 7.38. The first kappa shape index (κ1) is 19.0. The molecular formula is C22H21FN2O4. The monoisotopic (exact) mass is 396 g/mol. The molecule has 1 saturated heterocycles. The van der Waals surface area contributed by atoms with E-state index in [2.05, 4.69) is 4.90 Å². The highest BCUT2D eigenvalue weighted by atomic mass is 19.1. The minimum atomic E-state index is -1.09. The van der Waals surface area contributed by atoms with Gasteiger partial charge in [0, 0.05) is 31.4 Å². The van der Waals surface area contributed by atoms with Crippen molar-refractivity contribution in [1.29, 1.82) is 0 Å². The molecule has 1 amide bonds. The van der Waals surface area contributed by atoms with Crippen LogP contribution < -0.4 is 4.74 Å². The van der Waals surface area contributed by atoms with Gasteiger partial charge in [-0.05, 0) is 42.3 Å². The van der Waals surface area contributed by atoms with Crippen LogP contribution in [0.1, 0.15) is 27.9 Å². The molecule has 150 valence electrons. The summed E-state index contributed by atoms with van der Waals surface area (Å²) < 4.78 is 18.6. The van der Waals surface area contributed by atoms with E-state index in [1.54, 1.807) is 29.2 Å². The van der Waals surface area contributed by atoms with Crippen LogP contribution in [-0.4, -0.2) is 46.0 Å². The van der Waals surface area contributed by atoms with Crippen molar-refractivity contribution in [3.05, 3.63) is 76.9 Å². The lowest BCUT2D eigenvalue weighted by molar-refractivity contribution is -0.132. The maximum Gasteiger partial charge on any atom is 0.339 e. The van der Waals surface area contributed by atoms with Gasteiger partial charge in [0.1, 0.15) is 17.1 Å². The SMILES string of the molecule is Cc1ccc(C(=O)O)c(OCC(=O)N2C=C3CC2CN3Cc2ccc(F)cc2)c1. The minimum Gasteiger partial charge on any atom is -0.483 e. The third kappa shape index (κ3) is 3.94. The van der Waals surface area contributed by atoms with Crippen LogP contribution in [-0.2, 0) is 11.3 Å². The van der Waals surface area contributed by atoms with Crippen molar-refractivity contribution in [2.75, 3.05) is 13.2 Å². The molecule has 2 aromatic carbocycles. The number of carboxylic acids is 1. The van der Waals surface area contributed by atoms with Crippen LogP contribution in [0.15, 0.2) is 54.4 Å². The van der Waals surface area contributed by atoms with Crippen molar-refractivity contribution >= 4 is 11.9 Å². The molecule has 2 bridgehead atoms. The Kier molecular flexibility index (Phi) is 4.96. The summed E-state index contributed by atoms with van der Waals surface area (Å²) in [6.45, 7) is 2.99. The third-order valence-corrected chi connectivity index (χ3v) is 5.26. The number of benzene rings is 2. The smallest absolute Gasteiger partial charge is 0.339 e. The van der Waals surface area contributed by atoms with Gasteiger partial charge in [-0.15, -0.1) is 0 Å². The highest BCUT2D eigenvalue weighted by Crippen LogP contribution is 2.34. The topological polar surface area (TPSA) is 70.1 Å². The molecule has 2 aliphatic rings. The van der Waals surface area contributed by atoms with Crippen LogP contribution in [0.25, 0.3) is 0 Å². The summed E-state index contributed by atoms with van der Waals surface area (Å²) in [7, 11) is 0. The number of carbonyl (C=O) groups is 2. The Labute approximate surface area is 167 Å². The van der Waals surface area contributed by atoms with Gasteiger partial charge in [0.05, 0.1) is 6.04 Å². The first-order valence-electron chi connectivity index (χ1n) is 9.38. The lowest BCUT2D eigenvalue weighted by Gasteiger charge is -2.29. The van der Waals surface area contributed by atoms with Crippen LogP contribution in [0.4, 0.5) is 4.39 Å². The number of likely N-dealkylation sites (tertiary alicyclic amines) is 1. The average molecular weight is 396 g/mol. The number of hydrogen-bond donors (Lipinski definition) is 1. The predicted molar refractivity (Wildman–Crippen MR) is 104 cm³/mol. The lowest BCUT2D eigenvalue weighted by atomic mass is 10.1. The number of aromatic carboxylic acids is 1. The fraction of sp³-hybridized carbons (Fsp3) is 0.273. The molecule has 0 aromatic heterocycles. The van der Waals surface area contributed by atoms with Crippen LogP contribution in [0, 0.1) is 12.7 Å². The van der Waals surface area contributed by atoms with Crippen LogP contribution in [0.3, 0.4) is 0 Å². The molecule has 2 aliphatic heterocycles. The lowest BCUT2D eigenvalue weighted by Crippen LogP contribution is -2.41.